The van der Waals surface area contributed by atoms with Crippen LogP contribution in [0.4, 0.5) is 5.69 Å². The molecule has 1 aliphatic rings. The molecule has 0 spiro atoms. The van der Waals surface area contributed by atoms with Gasteiger partial charge in [-0.1, -0.05) is 32.1 Å². The standard InChI is InChI=1S/C19H30N4OSi/c1-19(2,3)25(4,5)24-18-9-12-22(13-10-18)16-7-6-8-17(15-16)23-14-11-20-21-23/h6-8,11,14-15,18H,9-10,12-13H2,1-5H3. The highest BCUT2D eigenvalue weighted by Gasteiger charge is 2.39. The van der Waals surface area contributed by atoms with Gasteiger partial charge in [0.1, 0.15) is 0 Å². The van der Waals surface area contributed by atoms with Gasteiger partial charge >= 0.3 is 0 Å². The van der Waals surface area contributed by atoms with E-state index in [1.807, 2.05) is 6.20 Å². The average Bonchev–Trinajstić information content (AvgIpc) is 3.09. The number of nitrogens with zero attached hydrogens (tertiary/aromatic N) is 4. The number of hydrogen-bond donors (Lipinski definition) is 0. The van der Waals surface area contributed by atoms with Gasteiger partial charge in [0.25, 0.3) is 0 Å². The lowest BCUT2D eigenvalue weighted by atomic mass is 10.1. The summed E-state index contributed by atoms with van der Waals surface area (Å²) in [4.78, 5) is 2.45. The molecule has 0 amide bonds. The number of hydrogen-bond acceptors (Lipinski definition) is 4. The fourth-order valence-corrected chi connectivity index (χ4v) is 4.43. The molecular weight excluding hydrogens is 328 g/mol. The Bertz CT molecular complexity index is 686. The Balaban J connectivity index is 1.62. The fraction of sp³-hybridized carbons (Fsp3) is 0.579. The quantitative estimate of drug-likeness (QED) is 0.766. The second-order valence-electron chi connectivity index (χ2n) is 8.43. The van der Waals surface area contributed by atoms with E-state index >= 15 is 0 Å². The minimum atomic E-state index is -1.68. The Hall–Kier alpha value is -1.66. The first-order chi connectivity index (χ1) is 11.8. The van der Waals surface area contributed by atoms with Crippen LogP contribution in [0, 0.1) is 0 Å². The van der Waals surface area contributed by atoms with Gasteiger partial charge in [0.05, 0.1) is 18.1 Å². The first-order valence-electron chi connectivity index (χ1n) is 9.16. The molecule has 0 bridgehead atoms. The summed E-state index contributed by atoms with van der Waals surface area (Å²) < 4.78 is 8.40. The van der Waals surface area contributed by atoms with Crippen LogP contribution in [-0.4, -0.2) is 42.5 Å². The lowest BCUT2D eigenvalue weighted by Crippen LogP contribution is -2.47. The van der Waals surface area contributed by atoms with E-state index < -0.39 is 8.32 Å². The molecule has 1 aromatic heterocycles. The maximum Gasteiger partial charge on any atom is 0.192 e. The number of piperidine rings is 1. The van der Waals surface area contributed by atoms with E-state index in [1.54, 1.807) is 10.9 Å². The summed E-state index contributed by atoms with van der Waals surface area (Å²) in [5.74, 6) is 0. The van der Waals surface area contributed by atoms with Crippen molar-refractivity contribution in [3.8, 4) is 5.69 Å². The molecule has 0 unspecified atom stereocenters. The minimum absolute atomic E-state index is 0.274. The van der Waals surface area contributed by atoms with Gasteiger partial charge in [-0.25, -0.2) is 4.68 Å². The maximum atomic E-state index is 6.60. The van der Waals surface area contributed by atoms with Crippen LogP contribution in [-0.2, 0) is 4.43 Å². The van der Waals surface area contributed by atoms with Crippen molar-refractivity contribution in [3.05, 3.63) is 36.7 Å². The third-order valence-corrected chi connectivity index (χ3v) is 10.1. The van der Waals surface area contributed by atoms with Gasteiger partial charge in [-0.05, 0) is 49.2 Å². The predicted octanol–water partition coefficient (Wildman–Crippen LogP) is 4.26. The molecule has 0 radical (unpaired) electrons. The van der Waals surface area contributed by atoms with Crippen LogP contribution in [0.1, 0.15) is 33.6 Å². The van der Waals surface area contributed by atoms with E-state index in [0.717, 1.165) is 31.6 Å². The first kappa shape index (κ1) is 18.1. The molecule has 6 heteroatoms. The number of anilines is 1. The molecule has 0 N–H and O–H groups in total. The van der Waals surface area contributed by atoms with Gasteiger partial charge in [0.2, 0.25) is 0 Å². The van der Waals surface area contributed by atoms with Crippen LogP contribution in [0.15, 0.2) is 36.7 Å². The molecular formula is C19H30N4OSi. The van der Waals surface area contributed by atoms with Crippen molar-refractivity contribution in [2.75, 3.05) is 18.0 Å². The molecule has 1 saturated heterocycles. The molecule has 1 aliphatic heterocycles. The van der Waals surface area contributed by atoms with Gasteiger partial charge in [-0.3, -0.25) is 0 Å². The lowest BCUT2D eigenvalue weighted by Gasteiger charge is -2.42. The second kappa shape index (κ2) is 6.92. The molecule has 5 nitrogen and oxygen atoms in total. The summed E-state index contributed by atoms with van der Waals surface area (Å²) in [6, 6.07) is 8.51. The topological polar surface area (TPSA) is 43.2 Å². The fourth-order valence-electron chi connectivity index (χ4n) is 3.00. The lowest BCUT2D eigenvalue weighted by molar-refractivity contribution is 0.152. The Morgan fingerprint density at radius 1 is 1.12 bits per heavy atom. The monoisotopic (exact) mass is 358 g/mol. The van der Waals surface area contributed by atoms with Crippen molar-refractivity contribution in [3.63, 3.8) is 0 Å². The van der Waals surface area contributed by atoms with Gasteiger partial charge in [-0.2, -0.15) is 0 Å². The number of aromatic nitrogens is 3. The number of benzene rings is 1. The van der Waals surface area contributed by atoms with Crippen molar-refractivity contribution in [2.24, 2.45) is 0 Å². The Labute approximate surface area is 152 Å². The summed E-state index contributed by atoms with van der Waals surface area (Å²) >= 11 is 0. The third kappa shape index (κ3) is 4.12. The van der Waals surface area contributed by atoms with Crippen molar-refractivity contribution >= 4 is 14.0 Å². The minimum Gasteiger partial charge on any atom is -0.414 e. The summed E-state index contributed by atoms with van der Waals surface area (Å²) in [6.07, 6.45) is 6.17. The Kier molecular flexibility index (Phi) is 5.02. The Morgan fingerprint density at radius 2 is 1.80 bits per heavy atom. The van der Waals surface area contributed by atoms with Crippen LogP contribution in [0.3, 0.4) is 0 Å². The zero-order chi connectivity index (χ0) is 18.1. The SMILES string of the molecule is CC(C)(C)[Si](C)(C)OC1CCN(c2cccc(-n3ccnn3)c2)CC1. The maximum absolute atomic E-state index is 6.60. The Morgan fingerprint density at radius 3 is 2.40 bits per heavy atom. The van der Waals surface area contributed by atoms with Crippen LogP contribution in [0.2, 0.25) is 18.1 Å². The van der Waals surface area contributed by atoms with E-state index in [0.29, 0.717) is 6.10 Å². The van der Waals surface area contributed by atoms with Crippen molar-refractivity contribution in [2.45, 2.75) is 57.8 Å². The van der Waals surface area contributed by atoms with Gasteiger partial charge in [0.15, 0.2) is 8.32 Å². The van der Waals surface area contributed by atoms with Gasteiger partial charge in [-0.15, -0.1) is 5.10 Å². The van der Waals surface area contributed by atoms with Crippen LogP contribution in [0.5, 0.6) is 0 Å². The van der Waals surface area contributed by atoms with Crippen molar-refractivity contribution in [1.82, 2.24) is 15.0 Å². The van der Waals surface area contributed by atoms with E-state index in [1.165, 1.54) is 5.69 Å². The molecule has 2 aromatic rings. The van der Waals surface area contributed by atoms with Crippen LogP contribution < -0.4 is 4.90 Å². The van der Waals surface area contributed by atoms with Gasteiger partial charge < -0.3 is 9.33 Å². The summed E-state index contributed by atoms with van der Waals surface area (Å²) in [5, 5.41) is 8.25. The first-order valence-corrected chi connectivity index (χ1v) is 12.1. The van der Waals surface area contributed by atoms with Crippen LogP contribution >= 0.6 is 0 Å². The molecule has 3 rings (SSSR count). The zero-order valence-corrected chi connectivity index (χ0v) is 17.1. The largest absolute Gasteiger partial charge is 0.414 e. The highest BCUT2D eigenvalue weighted by atomic mass is 28.4. The van der Waals surface area contributed by atoms with Gasteiger partial charge in [0, 0.05) is 24.9 Å². The van der Waals surface area contributed by atoms with Crippen molar-refractivity contribution in [1.29, 1.82) is 0 Å². The average molecular weight is 359 g/mol. The summed E-state index contributed by atoms with van der Waals surface area (Å²) in [6.45, 7) is 13.7. The molecule has 0 aliphatic carbocycles. The molecule has 1 aromatic carbocycles. The normalized spacial score (nSPS) is 17.1. The van der Waals surface area contributed by atoms with Crippen molar-refractivity contribution < 1.29 is 4.43 Å². The third-order valence-electron chi connectivity index (χ3n) is 5.59. The molecule has 0 atom stereocenters. The van der Waals surface area contributed by atoms with Crippen LogP contribution in [0.25, 0.3) is 5.69 Å². The molecule has 25 heavy (non-hydrogen) atoms. The van der Waals surface area contributed by atoms with E-state index in [-0.39, 0.29) is 5.04 Å². The zero-order valence-electron chi connectivity index (χ0n) is 16.1. The molecule has 136 valence electrons. The highest BCUT2D eigenvalue weighted by Crippen LogP contribution is 2.38. The van der Waals surface area contributed by atoms with E-state index in [4.69, 9.17) is 4.43 Å². The smallest absolute Gasteiger partial charge is 0.192 e. The molecule has 2 heterocycles. The van der Waals surface area contributed by atoms with E-state index in [2.05, 4.69) is 73.3 Å². The molecule has 0 saturated carbocycles. The van der Waals surface area contributed by atoms with E-state index in [9.17, 15) is 0 Å². The predicted molar refractivity (Wildman–Crippen MR) is 105 cm³/mol. The molecule has 1 fully saturated rings. The highest BCUT2D eigenvalue weighted by molar-refractivity contribution is 6.74. The summed E-state index contributed by atoms with van der Waals surface area (Å²) in [7, 11) is -1.68. The number of rotatable bonds is 4. The second-order valence-corrected chi connectivity index (χ2v) is 13.2. The summed E-state index contributed by atoms with van der Waals surface area (Å²) in [5.41, 5.74) is 2.30.